The van der Waals surface area contributed by atoms with E-state index >= 15 is 0 Å². The van der Waals surface area contributed by atoms with E-state index in [-0.39, 0.29) is 18.4 Å². The molecule has 1 atom stereocenters. The Kier molecular flexibility index (Phi) is 4.04. The van der Waals surface area contributed by atoms with E-state index in [4.69, 9.17) is 5.11 Å². The first kappa shape index (κ1) is 9.48. The van der Waals surface area contributed by atoms with E-state index in [1.165, 1.54) is 0 Å². The molecule has 0 spiro atoms. The number of aliphatic hydroxyl groups excluding tert-OH is 1. The maximum atomic E-state index is 11.3. The van der Waals surface area contributed by atoms with Gasteiger partial charge in [-0.1, -0.05) is 0 Å². The summed E-state index contributed by atoms with van der Waals surface area (Å²) in [5, 5.41) is 15.3. The second-order valence-electron chi connectivity index (χ2n) is 2.98. The van der Waals surface area contributed by atoms with E-state index in [2.05, 4.69) is 10.6 Å². The van der Waals surface area contributed by atoms with Crippen molar-refractivity contribution in [2.45, 2.75) is 12.8 Å². The first-order valence-corrected chi connectivity index (χ1v) is 4.36. The lowest BCUT2D eigenvalue weighted by molar-refractivity contribution is -0.125. The molecule has 0 saturated carbocycles. The average Bonchev–Trinajstić information content (AvgIpc) is 2.15. The number of hydrogen-bond acceptors (Lipinski definition) is 2. The third-order valence-electron chi connectivity index (χ3n) is 2.00. The molecule has 69 valence electrons. The fourth-order valence-corrected chi connectivity index (χ4v) is 1.33. The van der Waals surface area contributed by atoms with Crippen molar-refractivity contribution in [1.82, 2.24) is 10.6 Å². The van der Waals surface area contributed by atoms with E-state index in [1.807, 2.05) is 0 Å². The molecular formula is C8H15N2O2. The van der Waals surface area contributed by atoms with Crippen molar-refractivity contribution in [2.24, 2.45) is 5.92 Å². The molecule has 2 N–H and O–H groups in total. The second-order valence-corrected chi connectivity index (χ2v) is 2.98. The molecule has 1 fully saturated rings. The van der Waals surface area contributed by atoms with Gasteiger partial charge in [0.15, 0.2) is 0 Å². The fraction of sp³-hybridized carbons (Fsp3) is 0.875. The number of amides is 1. The standard InChI is InChI=1S/C8H15N2O2/c11-5-4-10-8(12)7-2-1-3-9-6-7/h7,11H,1-6H2,(H,10,12). The van der Waals surface area contributed by atoms with E-state index < -0.39 is 0 Å². The number of rotatable bonds is 3. The van der Waals surface area contributed by atoms with Crippen molar-refractivity contribution in [3.05, 3.63) is 0 Å². The van der Waals surface area contributed by atoms with Gasteiger partial charge in [-0.25, -0.2) is 5.32 Å². The highest BCUT2D eigenvalue weighted by Gasteiger charge is 2.20. The molecule has 1 rings (SSSR count). The molecule has 0 bridgehead atoms. The summed E-state index contributed by atoms with van der Waals surface area (Å²) in [6.07, 6.45) is 1.94. The lowest BCUT2D eigenvalue weighted by Gasteiger charge is -2.20. The maximum Gasteiger partial charge on any atom is 0.224 e. The van der Waals surface area contributed by atoms with Crippen molar-refractivity contribution >= 4 is 5.91 Å². The molecule has 1 radical (unpaired) electrons. The van der Waals surface area contributed by atoms with E-state index in [0.29, 0.717) is 13.1 Å². The highest BCUT2D eigenvalue weighted by Crippen LogP contribution is 2.10. The molecule has 1 aliphatic heterocycles. The Morgan fingerprint density at radius 3 is 3.08 bits per heavy atom. The van der Waals surface area contributed by atoms with Crippen LogP contribution in [0, 0.1) is 5.92 Å². The summed E-state index contributed by atoms with van der Waals surface area (Å²) in [5.41, 5.74) is 0. The Morgan fingerprint density at radius 2 is 2.50 bits per heavy atom. The van der Waals surface area contributed by atoms with Gasteiger partial charge < -0.3 is 10.4 Å². The van der Waals surface area contributed by atoms with Crippen molar-refractivity contribution in [3.8, 4) is 0 Å². The van der Waals surface area contributed by atoms with Crippen LogP contribution in [-0.4, -0.2) is 37.3 Å². The summed E-state index contributed by atoms with van der Waals surface area (Å²) in [6, 6.07) is 0. The van der Waals surface area contributed by atoms with Gasteiger partial charge in [0.1, 0.15) is 0 Å². The van der Waals surface area contributed by atoms with Gasteiger partial charge in [-0.15, -0.1) is 0 Å². The van der Waals surface area contributed by atoms with Crippen LogP contribution >= 0.6 is 0 Å². The molecule has 4 heteroatoms. The largest absolute Gasteiger partial charge is 0.395 e. The predicted octanol–water partition coefficient (Wildman–Crippen LogP) is -0.891. The summed E-state index contributed by atoms with van der Waals surface area (Å²) < 4.78 is 0. The molecule has 1 heterocycles. The number of piperidine rings is 1. The monoisotopic (exact) mass is 171 g/mol. The predicted molar refractivity (Wildman–Crippen MR) is 44.7 cm³/mol. The van der Waals surface area contributed by atoms with Crippen LogP contribution in [0.25, 0.3) is 0 Å². The molecule has 0 aromatic carbocycles. The minimum Gasteiger partial charge on any atom is -0.395 e. The summed E-state index contributed by atoms with van der Waals surface area (Å²) in [7, 11) is 0. The third kappa shape index (κ3) is 2.79. The number of aliphatic hydroxyl groups is 1. The summed E-state index contributed by atoms with van der Waals surface area (Å²) in [6.45, 7) is 1.91. The maximum absolute atomic E-state index is 11.3. The normalized spacial score (nSPS) is 23.6. The number of carbonyl (C=O) groups excluding carboxylic acids is 1. The Balaban J connectivity index is 2.20. The van der Waals surface area contributed by atoms with E-state index in [9.17, 15) is 4.79 Å². The molecule has 12 heavy (non-hydrogen) atoms. The van der Waals surface area contributed by atoms with E-state index in [1.54, 1.807) is 0 Å². The van der Waals surface area contributed by atoms with Gasteiger partial charge in [0.2, 0.25) is 5.91 Å². The Morgan fingerprint density at radius 1 is 1.67 bits per heavy atom. The lowest BCUT2D eigenvalue weighted by atomic mass is 9.99. The highest BCUT2D eigenvalue weighted by molar-refractivity contribution is 5.78. The fourth-order valence-electron chi connectivity index (χ4n) is 1.33. The van der Waals surface area contributed by atoms with Crippen LogP contribution in [0.2, 0.25) is 0 Å². The summed E-state index contributed by atoms with van der Waals surface area (Å²) in [4.78, 5) is 11.3. The van der Waals surface area contributed by atoms with Gasteiger partial charge in [0.25, 0.3) is 0 Å². The van der Waals surface area contributed by atoms with Crippen molar-refractivity contribution in [1.29, 1.82) is 0 Å². The van der Waals surface area contributed by atoms with Crippen LogP contribution in [0.15, 0.2) is 0 Å². The van der Waals surface area contributed by atoms with Gasteiger partial charge in [0, 0.05) is 19.6 Å². The first-order valence-electron chi connectivity index (χ1n) is 4.36. The van der Waals surface area contributed by atoms with Crippen LogP contribution in [0.1, 0.15) is 12.8 Å². The first-order chi connectivity index (χ1) is 5.84. The zero-order valence-electron chi connectivity index (χ0n) is 7.12. The topological polar surface area (TPSA) is 63.4 Å². The van der Waals surface area contributed by atoms with Crippen LogP contribution in [0.3, 0.4) is 0 Å². The van der Waals surface area contributed by atoms with Crippen LogP contribution in [-0.2, 0) is 4.79 Å². The average molecular weight is 171 g/mol. The minimum absolute atomic E-state index is 0.00953. The Hall–Kier alpha value is -0.610. The second kappa shape index (κ2) is 5.11. The zero-order chi connectivity index (χ0) is 8.81. The van der Waals surface area contributed by atoms with Gasteiger partial charge >= 0.3 is 0 Å². The zero-order valence-corrected chi connectivity index (χ0v) is 7.12. The molecule has 1 unspecified atom stereocenters. The molecule has 1 amide bonds. The minimum atomic E-state index is 0.00953. The highest BCUT2D eigenvalue weighted by atomic mass is 16.3. The smallest absolute Gasteiger partial charge is 0.224 e. The third-order valence-corrected chi connectivity index (χ3v) is 2.00. The molecule has 0 aromatic rings. The SMILES string of the molecule is O=C(NCCO)C1CCC[N]C1. The Bertz CT molecular complexity index is 144. The van der Waals surface area contributed by atoms with Gasteiger partial charge in [-0.3, -0.25) is 4.79 Å². The molecule has 1 aliphatic rings. The number of nitrogens with zero attached hydrogens (tertiary/aromatic N) is 1. The lowest BCUT2D eigenvalue weighted by Crippen LogP contribution is -2.39. The van der Waals surface area contributed by atoms with Crippen molar-refractivity contribution in [2.75, 3.05) is 26.2 Å². The number of carbonyl (C=O) groups is 1. The Labute approximate surface area is 72.3 Å². The molecular weight excluding hydrogens is 156 g/mol. The van der Waals surface area contributed by atoms with Crippen LogP contribution in [0.5, 0.6) is 0 Å². The number of hydrogen-bond donors (Lipinski definition) is 2. The van der Waals surface area contributed by atoms with Crippen molar-refractivity contribution < 1.29 is 9.90 Å². The van der Waals surface area contributed by atoms with Crippen molar-refractivity contribution in [3.63, 3.8) is 0 Å². The molecule has 1 saturated heterocycles. The number of nitrogens with one attached hydrogen (secondary N) is 1. The summed E-state index contributed by atoms with van der Waals surface area (Å²) in [5.74, 6) is 0.0813. The molecule has 4 nitrogen and oxygen atoms in total. The quantitative estimate of drug-likeness (QED) is 0.578. The van der Waals surface area contributed by atoms with Crippen LogP contribution < -0.4 is 10.6 Å². The summed E-state index contributed by atoms with van der Waals surface area (Å²) >= 11 is 0. The molecule has 0 aliphatic carbocycles. The van der Waals surface area contributed by atoms with E-state index in [0.717, 1.165) is 19.4 Å². The molecule has 0 aromatic heterocycles. The van der Waals surface area contributed by atoms with Gasteiger partial charge in [-0.2, -0.15) is 0 Å². The van der Waals surface area contributed by atoms with Crippen LogP contribution in [0.4, 0.5) is 0 Å². The van der Waals surface area contributed by atoms with Gasteiger partial charge in [-0.05, 0) is 12.8 Å². The van der Waals surface area contributed by atoms with Gasteiger partial charge in [0.05, 0.1) is 12.5 Å².